The normalized spacial score (nSPS) is 23.1. The van der Waals surface area contributed by atoms with E-state index in [0.29, 0.717) is 6.54 Å². The van der Waals surface area contributed by atoms with E-state index >= 15 is 0 Å². The van der Waals surface area contributed by atoms with Crippen LogP contribution in [0.25, 0.3) is 0 Å². The molecule has 1 N–H and O–H groups in total. The van der Waals surface area contributed by atoms with Crippen molar-refractivity contribution >= 4 is 5.97 Å². The van der Waals surface area contributed by atoms with Gasteiger partial charge in [0.25, 0.3) is 0 Å². The lowest BCUT2D eigenvalue weighted by Gasteiger charge is -2.24. The van der Waals surface area contributed by atoms with Gasteiger partial charge in [0.2, 0.25) is 0 Å². The van der Waals surface area contributed by atoms with Gasteiger partial charge in [-0.25, -0.2) is 0 Å². The van der Waals surface area contributed by atoms with E-state index in [1.165, 1.54) is 16.7 Å². The van der Waals surface area contributed by atoms with Gasteiger partial charge in [-0.15, -0.1) is 0 Å². The van der Waals surface area contributed by atoms with Crippen molar-refractivity contribution in [3.8, 4) is 0 Å². The summed E-state index contributed by atoms with van der Waals surface area (Å²) < 4.78 is 0. The van der Waals surface area contributed by atoms with Crippen LogP contribution in [0.3, 0.4) is 0 Å². The molecule has 0 amide bonds. The summed E-state index contributed by atoms with van der Waals surface area (Å²) in [6.07, 6.45) is 2.50. The molecular formula is C17H25NO2. The summed E-state index contributed by atoms with van der Waals surface area (Å²) in [5, 5.41) is 9.54. The molecule has 1 aromatic carbocycles. The monoisotopic (exact) mass is 275 g/mol. The van der Waals surface area contributed by atoms with Crippen LogP contribution in [0.4, 0.5) is 0 Å². The van der Waals surface area contributed by atoms with E-state index in [4.69, 9.17) is 0 Å². The van der Waals surface area contributed by atoms with Crippen LogP contribution in [0, 0.1) is 19.3 Å². The zero-order valence-electron chi connectivity index (χ0n) is 12.8. The second-order valence-corrected chi connectivity index (χ2v) is 6.29. The van der Waals surface area contributed by atoms with Gasteiger partial charge in [-0.1, -0.05) is 42.7 Å². The van der Waals surface area contributed by atoms with Crippen molar-refractivity contribution in [2.24, 2.45) is 5.41 Å². The lowest BCUT2D eigenvalue weighted by molar-refractivity contribution is -0.148. The molecule has 0 aliphatic carbocycles. The number of hydrogen-bond donors (Lipinski definition) is 1. The van der Waals surface area contributed by atoms with Crippen molar-refractivity contribution in [2.75, 3.05) is 13.1 Å². The quantitative estimate of drug-likeness (QED) is 0.895. The molecule has 0 spiro atoms. The van der Waals surface area contributed by atoms with Gasteiger partial charge >= 0.3 is 5.97 Å². The standard InChI is InChI=1S/C17H25NO2/c1-4-5-17(16(19)20)6-7-18(12-17)11-15-9-13(2)8-14(3)10-15/h8-10H,4-7,11-12H2,1-3H3,(H,19,20). The molecule has 3 heteroatoms. The number of likely N-dealkylation sites (tertiary alicyclic amines) is 1. The van der Waals surface area contributed by atoms with Crippen LogP contribution in [-0.4, -0.2) is 29.1 Å². The molecular weight excluding hydrogens is 250 g/mol. The Morgan fingerprint density at radius 2 is 1.95 bits per heavy atom. The maximum atomic E-state index is 11.6. The summed E-state index contributed by atoms with van der Waals surface area (Å²) in [5.41, 5.74) is 3.32. The van der Waals surface area contributed by atoms with E-state index in [9.17, 15) is 9.90 Å². The molecule has 1 aliphatic heterocycles. The lowest BCUT2D eigenvalue weighted by Crippen LogP contribution is -2.34. The molecule has 1 atom stereocenters. The van der Waals surface area contributed by atoms with Crippen LogP contribution in [0.1, 0.15) is 42.9 Å². The molecule has 1 aliphatic rings. The minimum absolute atomic E-state index is 0.520. The minimum atomic E-state index is -0.623. The third-order valence-corrected chi connectivity index (χ3v) is 4.30. The fourth-order valence-corrected chi connectivity index (χ4v) is 3.48. The summed E-state index contributed by atoms with van der Waals surface area (Å²) in [6.45, 7) is 8.72. The summed E-state index contributed by atoms with van der Waals surface area (Å²) in [4.78, 5) is 13.9. The third kappa shape index (κ3) is 3.21. The van der Waals surface area contributed by atoms with Crippen LogP contribution < -0.4 is 0 Å². The van der Waals surface area contributed by atoms with E-state index in [1.807, 2.05) is 0 Å². The minimum Gasteiger partial charge on any atom is -0.481 e. The van der Waals surface area contributed by atoms with E-state index < -0.39 is 11.4 Å². The smallest absolute Gasteiger partial charge is 0.310 e. The molecule has 0 bridgehead atoms. The zero-order chi connectivity index (χ0) is 14.8. The van der Waals surface area contributed by atoms with Gasteiger partial charge in [0, 0.05) is 13.1 Å². The van der Waals surface area contributed by atoms with Crippen molar-refractivity contribution in [3.05, 3.63) is 34.9 Å². The van der Waals surface area contributed by atoms with E-state index in [-0.39, 0.29) is 0 Å². The van der Waals surface area contributed by atoms with E-state index in [1.54, 1.807) is 0 Å². The van der Waals surface area contributed by atoms with Gasteiger partial charge in [-0.3, -0.25) is 9.69 Å². The number of aryl methyl sites for hydroxylation is 2. The Bertz CT molecular complexity index is 478. The van der Waals surface area contributed by atoms with Crippen LogP contribution in [-0.2, 0) is 11.3 Å². The molecule has 1 aromatic rings. The van der Waals surface area contributed by atoms with Crippen LogP contribution >= 0.6 is 0 Å². The van der Waals surface area contributed by atoms with Gasteiger partial charge in [-0.05, 0) is 38.8 Å². The average Bonchev–Trinajstić information content (AvgIpc) is 2.72. The zero-order valence-corrected chi connectivity index (χ0v) is 12.8. The van der Waals surface area contributed by atoms with Gasteiger partial charge in [0.1, 0.15) is 0 Å². The molecule has 1 saturated heterocycles. The topological polar surface area (TPSA) is 40.5 Å². The molecule has 0 aromatic heterocycles. The molecule has 1 unspecified atom stereocenters. The molecule has 20 heavy (non-hydrogen) atoms. The molecule has 3 nitrogen and oxygen atoms in total. The largest absolute Gasteiger partial charge is 0.481 e. The fourth-order valence-electron chi connectivity index (χ4n) is 3.48. The van der Waals surface area contributed by atoms with Crippen molar-refractivity contribution in [1.29, 1.82) is 0 Å². The maximum Gasteiger partial charge on any atom is 0.310 e. The number of rotatable bonds is 5. The highest BCUT2D eigenvalue weighted by molar-refractivity contribution is 5.75. The molecule has 1 heterocycles. The predicted octanol–water partition coefficient (Wildman–Crippen LogP) is 3.38. The molecule has 110 valence electrons. The first-order chi connectivity index (χ1) is 9.45. The highest BCUT2D eigenvalue weighted by atomic mass is 16.4. The van der Waals surface area contributed by atoms with Crippen molar-refractivity contribution in [3.63, 3.8) is 0 Å². The van der Waals surface area contributed by atoms with Crippen LogP contribution in [0.2, 0.25) is 0 Å². The molecule has 0 radical (unpaired) electrons. The Balaban J connectivity index is 2.07. The van der Waals surface area contributed by atoms with E-state index in [0.717, 1.165) is 32.4 Å². The van der Waals surface area contributed by atoms with Gasteiger partial charge < -0.3 is 5.11 Å². The third-order valence-electron chi connectivity index (χ3n) is 4.30. The summed E-state index contributed by atoms with van der Waals surface area (Å²) >= 11 is 0. The average molecular weight is 275 g/mol. The van der Waals surface area contributed by atoms with E-state index in [2.05, 4.69) is 43.9 Å². The molecule has 0 saturated carbocycles. The van der Waals surface area contributed by atoms with Crippen molar-refractivity contribution in [1.82, 2.24) is 4.90 Å². The molecule has 2 rings (SSSR count). The Hall–Kier alpha value is -1.35. The SMILES string of the molecule is CCCC1(C(=O)O)CCN(Cc2cc(C)cc(C)c2)C1. The van der Waals surface area contributed by atoms with Gasteiger partial charge in [0.05, 0.1) is 5.41 Å². The Morgan fingerprint density at radius 1 is 1.30 bits per heavy atom. The molecule has 1 fully saturated rings. The van der Waals surface area contributed by atoms with Crippen molar-refractivity contribution in [2.45, 2.75) is 46.6 Å². The first-order valence-corrected chi connectivity index (χ1v) is 7.48. The number of carbonyl (C=O) groups is 1. The Labute approximate surface area is 121 Å². The van der Waals surface area contributed by atoms with Crippen LogP contribution in [0.5, 0.6) is 0 Å². The second-order valence-electron chi connectivity index (χ2n) is 6.29. The number of hydrogen-bond acceptors (Lipinski definition) is 2. The number of benzene rings is 1. The predicted molar refractivity (Wildman–Crippen MR) is 80.8 cm³/mol. The highest BCUT2D eigenvalue weighted by Crippen LogP contribution is 2.36. The number of carboxylic acids is 1. The second kappa shape index (κ2) is 5.96. The first-order valence-electron chi connectivity index (χ1n) is 7.48. The van der Waals surface area contributed by atoms with Gasteiger partial charge in [0.15, 0.2) is 0 Å². The lowest BCUT2D eigenvalue weighted by atomic mass is 9.83. The first kappa shape index (κ1) is 15.0. The number of nitrogens with zero attached hydrogens (tertiary/aromatic N) is 1. The van der Waals surface area contributed by atoms with Gasteiger partial charge in [-0.2, -0.15) is 0 Å². The summed E-state index contributed by atoms with van der Waals surface area (Å²) in [6, 6.07) is 6.58. The summed E-state index contributed by atoms with van der Waals surface area (Å²) in [5.74, 6) is -0.623. The highest BCUT2D eigenvalue weighted by Gasteiger charge is 2.43. The Kier molecular flexibility index (Phi) is 4.48. The summed E-state index contributed by atoms with van der Waals surface area (Å²) in [7, 11) is 0. The maximum absolute atomic E-state index is 11.6. The van der Waals surface area contributed by atoms with Crippen LogP contribution in [0.15, 0.2) is 18.2 Å². The fraction of sp³-hybridized carbons (Fsp3) is 0.588. The van der Waals surface area contributed by atoms with Crippen molar-refractivity contribution < 1.29 is 9.90 Å². The number of carboxylic acid groups (broad SMARTS) is 1. The Morgan fingerprint density at radius 3 is 2.50 bits per heavy atom. The number of aliphatic carboxylic acids is 1.